The van der Waals surface area contributed by atoms with Crippen molar-refractivity contribution < 1.29 is 0 Å². The zero-order valence-electron chi connectivity index (χ0n) is 17.4. The molecule has 1 aliphatic heterocycles. The van der Waals surface area contributed by atoms with Crippen LogP contribution in [0.1, 0.15) is 41.7 Å². The lowest BCUT2D eigenvalue weighted by atomic mass is 9.84. The van der Waals surface area contributed by atoms with Crippen LogP contribution in [0.5, 0.6) is 0 Å². The van der Waals surface area contributed by atoms with Crippen LogP contribution in [-0.2, 0) is 4.75 Å². The van der Waals surface area contributed by atoms with Gasteiger partial charge in [-0.25, -0.2) is 4.98 Å². The Morgan fingerprint density at radius 3 is 2.32 bits per heavy atom. The van der Waals surface area contributed by atoms with Crippen LogP contribution in [0.25, 0.3) is 32.9 Å². The number of benzene rings is 3. The standard InChI is InChI=1S/C26H25NS/c1-14-11-18-13-21-23(16(3)20(18)12-15(14)2)26(5,6)28-25-17(4)19-9-7-8-10-22(19)27-24(21)25/h7-13H,1-6H3. The minimum absolute atomic E-state index is 0.00823. The van der Waals surface area contributed by atoms with Crippen LogP contribution < -0.4 is 0 Å². The van der Waals surface area contributed by atoms with E-state index >= 15 is 0 Å². The summed E-state index contributed by atoms with van der Waals surface area (Å²) in [6.07, 6.45) is 0. The number of hydrogen-bond donors (Lipinski definition) is 0. The molecule has 28 heavy (non-hydrogen) atoms. The van der Waals surface area contributed by atoms with Crippen LogP contribution in [0.15, 0.2) is 47.4 Å². The van der Waals surface area contributed by atoms with Gasteiger partial charge in [0.25, 0.3) is 0 Å². The van der Waals surface area contributed by atoms with Crippen molar-refractivity contribution in [3.05, 3.63) is 70.3 Å². The minimum atomic E-state index is 0.00823. The third kappa shape index (κ3) is 2.37. The lowest BCUT2D eigenvalue weighted by Gasteiger charge is -2.36. The molecule has 5 rings (SSSR count). The molecule has 0 saturated heterocycles. The molecule has 0 N–H and O–H groups in total. The Morgan fingerprint density at radius 2 is 1.54 bits per heavy atom. The zero-order chi connectivity index (χ0) is 19.8. The summed E-state index contributed by atoms with van der Waals surface area (Å²) in [6, 6.07) is 15.6. The van der Waals surface area contributed by atoms with E-state index in [0.717, 1.165) is 11.2 Å². The predicted molar refractivity (Wildman–Crippen MR) is 123 cm³/mol. The highest BCUT2D eigenvalue weighted by atomic mass is 32.2. The third-order valence-electron chi connectivity index (χ3n) is 6.32. The van der Waals surface area contributed by atoms with Crippen molar-refractivity contribution in [2.75, 3.05) is 0 Å². The zero-order valence-corrected chi connectivity index (χ0v) is 18.2. The van der Waals surface area contributed by atoms with E-state index in [1.165, 1.54) is 54.4 Å². The van der Waals surface area contributed by atoms with Crippen LogP contribution in [0.2, 0.25) is 0 Å². The van der Waals surface area contributed by atoms with Gasteiger partial charge in [-0.3, -0.25) is 0 Å². The Balaban J connectivity index is 1.95. The minimum Gasteiger partial charge on any atom is -0.247 e. The number of para-hydroxylation sites is 1. The van der Waals surface area contributed by atoms with E-state index in [-0.39, 0.29) is 4.75 Å². The van der Waals surface area contributed by atoms with Crippen molar-refractivity contribution in [3.63, 3.8) is 0 Å². The Morgan fingerprint density at radius 1 is 0.821 bits per heavy atom. The van der Waals surface area contributed by atoms with E-state index in [9.17, 15) is 0 Å². The third-order valence-corrected chi connectivity index (χ3v) is 7.74. The van der Waals surface area contributed by atoms with Crippen LogP contribution in [0.4, 0.5) is 0 Å². The van der Waals surface area contributed by atoms with Crippen LogP contribution in [0, 0.1) is 27.7 Å². The molecule has 0 atom stereocenters. The van der Waals surface area contributed by atoms with Crippen molar-refractivity contribution in [3.8, 4) is 11.3 Å². The monoisotopic (exact) mass is 383 g/mol. The van der Waals surface area contributed by atoms with Crippen molar-refractivity contribution in [1.29, 1.82) is 0 Å². The van der Waals surface area contributed by atoms with E-state index < -0.39 is 0 Å². The first-order valence-corrected chi connectivity index (χ1v) is 10.7. The van der Waals surface area contributed by atoms with Crippen molar-refractivity contribution in [1.82, 2.24) is 4.98 Å². The smallest absolute Gasteiger partial charge is 0.0852 e. The van der Waals surface area contributed by atoms with E-state index in [1.807, 2.05) is 11.8 Å². The number of nitrogens with zero attached hydrogens (tertiary/aromatic N) is 1. The molecule has 0 unspecified atom stereocenters. The fourth-order valence-electron chi connectivity index (χ4n) is 4.78. The summed E-state index contributed by atoms with van der Waals surface area (Å²) in [5.74, 6) is 0. The summed E-state index contributed by atoms with van der Waals surface area (Å²) in [7, 11) is 0. The highest BCUT2D eigenvalue weighted by Gasteiger charge is 2.36. The molecule has 0 aliphatic carbocycles. The molecule has 3 aromatic carbocycles. The first-order chi connectivity index (χ1) is 13.3. The first kappa shape index (κ1) is 17.8. The van der Waals surface area contributed by atoms with Gasteiger partial charge in [-0.15, -0.1) is 11.8 Å². The number of pyridine rings is 1. The van der Waals surface area contributed by atoms with Gasteiger partial charge in [-0.1, -0.05) is 30.3 Å². The Labute approximate surface area is 171 Å². The largest absolute Gasteiger partial charge is 0.247 e. The number of aromatic nitrogens is 1. The molecular weight excluding hydrogens is 358 g/mol. The summed E-state index contributed by atoms with van der Waals surface area (Å²) in [4.78, 5) is 6.48. The fraction of sp³-hybridized carbons (Fsp3) is 0.269. The highest BCUT2D eigenvalue weighted by Crippen LogP contribution is 2.55. The summed E-state index contributed by atoms with van der Waals surface area (Å²) in [5.41, 5.74) is 10.4. The van der Waals surface area contributed by atoms with E-state index in [0.29, 0.717) is 0 Å². The van der Waals surface area contributed by atoms with Gasteiger partial charge in [-0.05, 0) is 92.3 Å². The molecule has 2 heterocycles. The van der Waals surface area contributed by atoms with E-state index in [2.05, 4.69) is 84.0 Å². The van der Waals surface area contributed by atoms with Gasteiger partial charge in [0.2, 0.25) is 0 Å². The van der Waals surface area contributed by atoms with Crippen molar-refractivity contribution in [2.24, 2.45) is 0 Å². The second-order valence-corrected chi connectivity index (χ2v) is 10.3. The average Bonchev–Trinajstić information content (AvgIpc) is 2.64. The number of hydrogen-bond acceptors (Lipinski definition) is 2. The van der Waals surface area contributed by atoms with Gasteiger partial charge < -0.3 is 0 Å². The maximum absolute atomic E-state index is 5.15. The molecule has 2 heteroatoms. The molecule has 1 aromatic heterocycles. The topological polar surface area (TPSA) is 12.9 Å². The van der Waals surface area contributed by atoms with Gasteiger partial charge in [0, 0.05) is 20.6 Å². The molecule has 1 aliphatic rings. The maximum atomic E-state index is 5.15. The lowest BCUT2D eigenvalue weighted by Crippen LogP contribution is -2.20. The summed E-state index contributed by atoms with van der Waals surface area (Å²) >= 11 is 1.97. The molecule has 140 valence electrons. The van der Waals surface area contributed by atoms with Crippen molar-refractivity contribution >= 4 is 33.4 Å². The Bertz CT molecular complexity index is 1300. The van der Waals surface area contributed by atoms with Crippen LogP contribution in [-0.4, -0.2) is 4.98 Å². The second kappa shape index (κ2) is 5.84. The molecule has 1 nitrogen and oxygen atoms in total. The van der Waals surface area contributed by atoms with Crippen LogP contribution in [0.3, 0.4) is 0 Å². The molecule has 0 saturated carbocycles. The van der Waals surface area contributed by atoms with E-state index in [1.54, 1.807) is 0 Å². The molecule has 0 bridgehead atoms. The molecular formula is C26H25NS. The number of aryl methyl sites for hydroxylation is 4. The summed E-state index contributed by atoms with van der Waals surface area (Å²) < 4.78 is 0.00823. The molecule has 0 amide bonds. The maximum Gasteiger partial charge on any atom is 0.0852 e. The molecule has 0 fully saturated rings. The lowest BCUT2D eigenvalue weighted by molar-refractivity contribution is 0.770. The van der Waals surface area contributed by atoms with Crippen molar-refractivity contribution in [2.45, 2.75) is 51.2 Å². The van der Waals surface area contributed by atoms with Gasteiger partial charge in [0.15, 0.2) is 0 Å². The summed E-state index contributed by atoms with van der Waals surface area (Å²) in [6.45, 7) is 13.7. The van der Waals surface area contributed by atoms with E-state index in [4.69, 9.17) is 4.98 Å². The number of fused-ring (bicyclic) bond motifs is 5. The predicted octanol–water partition coefficient (Wildman–Crippen LogP) is 7.63. The molecule has 0 spiro atoms. The fourth-order valence-corrected chi connectivity index (χ4v) is 6.17. The molecule has 0 radical (unpaired) electrons. The number of thioether (sulfide) groups is 1. The average molecular weight is 384 g/mol. The second-order valence-electron chi connectivity index (χ2n) is 8.63. The summed E-state index contributed by atoms with van der Waals surface area (Å²) in [5, 5.41) is 3.95. The number of rotatable bonds is 0. The van der Waals surface area contributed by atoms with Gasteiger partial charge in [0.1, 0.15) is 0 Å². The van der Waals surface area contributed by atoms with Crippen LogP contribution >= 0.6 is 11.8 Å². The normalized spacial score (nSPS) is 14.9. The Kier molecular flexibility index (Phi) is 3.70. The Hall–Kier alpha value is -2.32. The SMILES string of the molecule is Cc1cc2cc3c(c(C)c2cc1C)C(C)(C)Sc1c-3nc2ccccc2c1C. The highest BCUT2D eigenvalue weighted by molar-refractivity contribution is 8.00. The van der Waals surface area contributed by atoms with Gasteiger partial charge >= 0.3 is 0 Å². The van der Waals surface area contributed by atoms with Gasteiger partial charge in [0.05, 0.1) is 11.2 Å². The quantitative estimate of drug-likeness (QED) is 0.309. The molecule has 4 aromatic rings. The first-order valence-electron chi connectivity index (χ1n) is 9.91. The van der Waals surface area contributed by atoms with Gasteiger partial charge in [-0.2, -0.15) is 0 Å².